The van der Waals surface area contributed by atoms with E-state index in [0.717, 1.165) is 11.3 Å². The van der Waals surface area contributed by atoms with Crippen LogP contribution in [0.1, 0.15) is 11.7 Å². The second kappa shape index (κ2) is 4.20. The van der Waals surface area contributed by atoms with Gasteiger partial charge >= 0.3 is 0 Å². The summed E-state index contributed by atoms with van der Waals surface area (Å²) in [6.45, 7) is 0.228. The number of nitrogens with two attached hydrogens (primary N) is 1. The summed E-state index contributed by atoms with van der Waals surface area (Å²) < 4.78 is 1.79. The normalized spacial score (nSPS) is 12.7. The first-order chi connectivity index (χ1) is 7.31. The molecular weight excluding hydrogens is 192 g/mol. The van der Waals surface area contributed by atoms with Gasteiger partial charge in [-0.15, -0.1) is 10.2 Å². The molecule has 0 spiro atoms. The fraction of sp³-hybridized carbons (Fsp3) is 0.200. The van der Waals surface area contributed by atoms with Gasteiger partial charge in [0.05, 0.1) is 6.10 Å². The predicted molar refractivity (Wildman–Crippen MR) is 55.4 cm³/mol. The molecule has 0 aliphatic heterocycles. The third-order valence-corrected chi connectivity index (χ3v) is 2.22. The predicted octanol–water partition coefficient (Wildman–Crippen LogP) is 0.259. The molecule has 0 fully saturated rings. The molecule has 0 saturated carbocycles. The van der Waals surface area contributed by atoms with Crippen molar-refractivity contribution in [2.24, 2.45) is 5.73 Å². The van der Waals surface area contributed by atoms with Crippen LogP contribution in [0.5, 0.6) is 0 Å². The van der Waals surface area contributed by atoms with Crippen LogP contribution in [-0.2, 0) is 0 Å². The smallest absolute Gasteiger partial charge is 0.123 e. The lowest BCUT2D eigenvalue weighted by atomic mass is 10.1. The molecule has 2 rings (SSSR count). The van der Waals surface area contributed by atoms with E-state index in [0.29, 0.717) is 0 Å². The maximum absolute atomic E-state index is 9.49. The van der Waals surface area contributed by atoms with Crippen LogP contribution < -0.4 is 5.73 Å². The van der Waals surface area contributed by atoms with Crippen LogP contribution in [-0.4, -0.2) is 26.4 Å². The minimum absolute atomic E-state index is 0.228. The third kappa shape index (κ3) is 2.03. The van der Waals surface area contributed by atoms with Crippen LogP contribution in [0.3, 0.4) is 0 Å². The summed E-state index contributed by atoms with van der Waals surface area (Å²) in [4.78, 5) is 0. The zero-order valence-corrected chi connectivity index (χ0v) is 8.11. The number of aliphatic hydroxyl groups is 1. The fourth-order valence-electron chi connectivity index (χ4n) is 1.34. The molecular formula is C10H12N4O. The van der Waals surface area contributed by atoms with Gasteiger partial charge in [0.2, 0.25) is 0 Å². The molecule has 1 unspecified atom stereocenters. The Morgan fingerprint density at radius 3 is 2.33 bits per heavy atom. The van der Waals surface area contributed by atoms with Gasteiger partial charge in [0.25, 0.3) is 0 Å². The van der Waals surface area contributed by atoms with E-state index in [1.54, 1.807) is 17.2 Å². The highest BCUT2D eigenvalue weighted by atomic mass is 16.3. The van der Waals surface area contributed by atoms with Crippen molar-refractivity contribution in [2.45, 2.75) is 6.10 Å². The number of nitrogens with zero attached hydrogens (tertiary/aromatic N) is 3. The van der Waals surface area contributed by atoms with E-state index in [4.69, 9.17) is 5.73 Å². The van der Waals surface area contributed by atoms with Gasteiger partial charge in [-0.2, -0.15) is 0 Å². The van der Waals surface area contributed by atoms with Crippen LogP contribution in [0.4, 0.5) is 0 Å². The number of aliphatic hydroxyl groups excluding tert-OH is 1. The van der Waals surface area contributed by atoms with E-state index in [2.05, 4.69) is 10.2 Å². The second-order valence-corrected chi connectivity index (χ2v) is 3.21. The molecule has 1 aromatic carbocycles. The maximum Gasteiger partial charge on any atom is 0.123 e. The highest BCUT2D eigenvalue weighted by Gasteiger charge is 2.04. The minimum Gasteiger partial charge on any atom is -0.387 e. The Morgan fingerprint density at radius 2 is 1.80 bits per heavy atom. The van der Waals surface area contributed by atoms with Crippen LogP contribution >= 0.6 is 0 Å². The Labute approximate surface area is 87.2 Å². The zero-order valence-electron chi connectivity index (χ0n) is 8.11. The van der Waals surface area contributed by atoms with Gasteiger partial charge in [-0.25, -0.2) is 0 Å². The van der Waals surface area contributed by atoms with Crippen LogP contribution in [0.2, 0.25) is 0 Å². The molecule has 5 heteroatoms. The summed E-state index contributed by atoms with van der Waals surface area (Å²) in [5, 5.41) is 16.9. The molecule has 3 N–H and O–H groups in total. The Hall–Kier alpha value is -1.72. The number of hydrogen-bond acceptors (Lipinski definition) is 4. The molecule has 1 heterocycles. The summed E-state index contributed by atoms with van der Waals surface area (Å²) in [5.74, 6) is 0. The van der Waals surface area contributed by atoms with Crippen LogP contribution in [0.15, 0.2) is 36.9 Å². The molecule has 5 nitrogen and oxygen atoms in total. The molecule has 1 aromatic heterocycles. The Balaban J connectivity index is 2.25. The second-order valence-electron chi connectivity index (χ2n) is 3.21. The molecule has 15 heavy (non-hydrogen) atoms. The SMILES string of the molecule is NCC(O)c1ccc(-n2cnnc2)cc1. The summed E-state index contributed by atoms with van der Waals surface area (Å²) in [7, 11) is 0. The summed E-state index contributed by atoms with van der Waals surface area (Å²) in [6.07, 6.45) is 2.64. The van der Waals surface area contributed by atoms with Crippen LogP contribution in [0, 0.1) is 0 Å². The van der Waals surface area contributed by atoms with Gasteiger partial charge in [0.15, 0.2) is 0 Å². The van der Waals surface area contributed by atoms with Crippen molar-refractivity contribution < 1.29 is 5.11 Å². The van der Waals surface area contributed by atoms with Crippen molar-refractivity contribution >= 4 is 0 Å². The first-order valence-corrected chi connectivity index (χ1v) is 4.64. The molecule has 0 saturated heterocycles. The molecule has 0 radical (unpaired) electrons. The largest absolute Gasteiger partial charge is 0.387 e. The van der Waals surface area contributed by atoms with E-state index in [1.807, 2.05) is 24.3 Å². The number of aromatic nitrogens is 3. The lowest BCUT2D eigenvalue weighted by molar-refractivity contribution is 0.187. The Kier molecular flexibility index (Phi) is 2.75. The number of rotatable bonds is 3. The third-order valence-electron chi connectivity index (χ3n) is 2.22. The molecule has 78 valence electrons. The summed E-state index contributed by atoms with van der Waals surface area (Å²) >= 11 is 0. The minimum atomic E-state index is -0.597. The van der Waals surface area contributed by atoms with Crippen molar-refractivity contribution in [1.29, 1.82) is 0 Å². The van der Waals surface area contributed by atoms with E-state index in [9.17, 15) is 5.11 Å². The van der Waals surface area contributed by atoms with E-state index in [-0.39, 0.29) is 6.54 Å². The highest BCUT2D eigenvalue weighted by Crippen LogP contribution is 2.14. The summed E-state index contributed by atoms with van der Waals surface area (Å²) in [6, 6.07) is 7.45. The molecule has 0 aliphatic carbocycles. The standard InChI is InChI=1S/C10H12N4O/c11-5-10(15)8-1-3-9(4-2-8)14-6-12-13-7-14/h1-4,6-7,10,15H,5,11H2. The average Bonchev–Trinajstić information content (AvgIpc) is 2.82. The Bertz CT molecular complexity index is 409. The van der Waals surface area contributed by atoms with Gasteiger partial charge in [-0.1, -0.05) is 12.1 Å². The first-order valence-electron chi connectivity index (χ1n) is 4.64. The van der Waals surface area contributed by atoms with Gasteiger partial charge in [-0.3, -0.25) is 4.57 Å². The molecule has 0 aliphatic rings. The van der Waals surface area contributed by atoms with Crippen LogP contribution in [0.25, 0.3) is 5.69 Å². The molecule has 0 bridgehead atoms. The quantitative estimate of drug-likeness (QED) is 0.751. The van der Waals surface area contributed by atoms with E-state index in [1.165, 1.54) is 0 Å². The average molecular weight is 204 g/mol. The van der Waals surface area contributed by atoms with E-state index < -0.39 is 6.10 Å². The van der Waals surface area contributed by atoms with Gasteiger partial charge < -0.3 is 10.8 Å². The maximum atomic E-state index is 9.49. The number of benzene rings is 1. The first kappa shape index (κ1) is 9.82. The molecule has 0 amide bonds. The molecule has 1 atom stereocenters. The van der Waals surface area contributed by atoms with Crippen molar-refractivity contribution in [3.8, 4) is 5.69 Å². The van der Waals surface area contributed by atoms with Crippen molar-refractivity contribution in [1.82, 2.24) is 14.8 Å². The monoisotopic (exact) mass is 204 g/mol. The fourth-order valence-corrected chi connectivity index (χ4v) is 1.34. The highest BCUT2D eigenvalue weighted by molar-refractivity contribution is 5.34. The lowest BCUT2D eigenvalue weighted by Gasteiger charge is -2.08. The van der Waals surface area contributed by atoms with Gasteiger partial charge in [-0.05, 0) is 17.7 Å². The van der Waals surface area contributed by atoms with Gasteiger partial charge in [0.1, 0.15) is 12.7 Å². The number of hydrogen-bond donors (Lipinski definition) is 2. The lowest BCUT2D eigenvalue weighted by Crippen LogP contribution is -2.11. The topological polar surface area (TPSA) is 77.0 Å². The Morgan fingerprint density at radius 1 is 1.20 bits per heavy atom. The van der Waals surface area contributed by atoms with Gasteiger partial charge in [0, 0.05) is 12.2 Å². The van der Waals surface area contributed by atoms with E-state index >= 15 is 0 Å². The van der Waals surface area contributed by atoms with Crippen molar-refractivity contribution in [2.75, 3.05) is 6.54 Å². The van der Waals surface area contributed by atoms with Crippen molar-refractivity contribution in [3.63, 3.8) is 0 Å². The van der Waals surface area contributed by atoms with Crippen molar-refractivity contribution in [3.05, 3.63) is 42.5 Å². The zero-order chi connectivity index (χ0) is 10.7. The molecule has 2 aromatic rings. The summed E-state index contributed by atoms with van der Waals surface area (Å²) in [5.41, 5.74) is 7.13.